The summed E-state index contributed by atoms with van der Waals surface area (Å²) in [5.74, 6) is -0.828. The highest BCUT2D eigenvalue weighted by molar-refractivity contribution is 5.67. The highest BCUT2D eigenvalue weighted by Gasteiger charge is 2.31. The van der Waals surface area contributed by atoms with Gasteiger partial charge in [0.2, 0.25) is 0 Å². The molecule has 0 atom stereocenters. The Kier molecular flexibility index (Phi) is 3.61. The van der Waals surface area contributed by atoms with Crippen molar-refractivity contribution in [1.82, 2.24) is 0 Å². The standard InChI is InChI=1S/C14H8F4N2/c15-11-6-5-10(14(16,17)18)7-13(11)20-12-4-2-1-3-9(12)8-19/h1-7,20H. The summed E-state index contributed by atoms with van der Waals surface area (Å²) < 4.78 is 51.3. The molecule has 20 heavy (non-hydrogen) atoms. The zero-order valence-corrected chi connectivity index (χ0v) is 10.0. The van der Waals surface area contributed by atoms with E-state index in [4.69, 9.17) is 5.26 Å². The van der Waals surface area contributed by atoms with Gasteiger partial charge in [-0.05, 0) is 30.3 Å². The molecule has 2 rings (SSSR count). The molecular weight excluding hydrogens is 272 g/mol. The minimum atomic E-state index is -4.56. The van der Waals surface area contributed by atoms with Crippen LogP contribution in [0.3, 0.4) is 0 Å². The van der Waals surface area contributed by atoms with Gasteiger partial charge in [-0.3, -0.25) is 0 Å². The molecule has 0 aliphatic rings. The summed E-state index contributed by atoms with van der Waals surface area (Å²) in [6.07, 6.45) is -4.56. The van der Waals surface area contributed by atoms with Crippen molar-refractivity contribution in [2.24, 2.45) is 0 Å². The maximum Gasteiger partial charge on any atom is 0.416 e. The van der Waals surface area contributed by atoms with Crippen LogP contribution in [0.1, 0.15) is 11.1 Å². The smallest absolute Gasteiger partial charge is 0.352 e. The summed E-state index contributed by atoms with van der Waals surface area (Å²) in [5, 5.41) is 11.4. The molecule has 0 saturated carbocycles. The van der Waals surface area contributed by atoms with Crippen molar-refractivity contribution in [2.45, 2.75) is 6.18 Å². The predicted molar refractivity (Wildman–Crippen MR) is 65.8 cm³/mol. The normalized spacial score (nSPS) is 10.9. The number of para-hydroxylation sites is 1. The van der Waals surface area contributed by atoms with E-state index in [1.54, 1.807) is 12.1 Å². The zero-order chi connectivity index (χ0) is 14.8. The van der Waals surface area contributed by atoms with Gasteiger partial charge in [0.1, 0.15) is 11.9 Å². The van der Waals surface area contributed by atoms with Gasteiger partial charge in [-0.2, -0.15) is 18.4 Å². The number of hydrogen-bond donors (Lipinski definition) is 1. The number of alkyl halides is 3. The molecule has 0 saturated heterocycles. The molecule has 0 radical (unpaired) electrons. The average molecular weight is 280 g/mol. The van der Waals surface area contributed by atoms with Gasteiger partial charge in [0.05, 0.1) is 22.5 Å². The maximum absolute atomic E-state index is 13.6. The van der Waals surface area contributed by atoms with Crippen LogP contribution in [0.15, 0.2) is 42.5 Å². The van der Waals surface area contributed by atoms with Crippen LogP contribution in [-0.2, 0) is 6.18 Å². The zero-order valence-electron chi connectivity index (χ0n) is 10.0. The molecule has 0 unspecified atom stereocenters. The van der Waals surface area contributed by atoms with Crippen molar-refractivity contribution < 1.29 is 17.6 Å². The lowest BCUT2D eigenvalue weighted by Crippen LogP contribution is -2.06. The van der Waals surface area contributed by atoms with Crippen molar-refractivity contribution in [1.29, 1.82) is 5.26 Å². The molecule has 0 aliphatic carbocycles. The number of halogens is 4. The Morgan fingerprint density at radius 2 is 1.70 bits per heavy atom. The van der Waals surface area contributed by atoms with Crippen molar-refractivity contribution in [2.75, 3.05) is 5.32 Å². The Bertz CT molecular complexity index is 672. The molecule has 102 valence electrons. The van der Waals surface area contributed by atoms with Crippen molar-refractivity contribution in [3.8, 4) is 6.07 Å². The van der Waals surface area contributed by atoms with Crippen LogP contribution in [0.4, 0.5) is 28.9 Å². The lowest BCUT2D eigenvalue weighted by atomic mass is 10.1. The van der Waals surface area contributed by atoms with E-state index in [0.29, 0.717) is 12.1 Å². The molecule has 1 N–H and O–H groups in total. The van der Waals surface area contributed by atoms with Crippen LogP contribution < -0.4 is 5.32 Å². The van der Waals surface area contributed by atoms with Crippen LogP contribution in [0, 0.1) is 17.1 Å². The topological polar surface area (TPSA) is 35.8 Å². The maximum atomic E-state index is 13.6. The molecule has 0 spiro atoms. The van der Waals surface area contributed by atoms with Gasteiger partial charge in [0.15, 0.2) is 0 Å². The summed E-state index contributed by atoms with van der Waals surface area (Å²) >= 11 is 0. The molecule has 0 aliphatic heterocycles. The largest absolute Gasteiger partial charge is 0.416 e. The number of benzene rings is 2. The van der Waals surface area contributed by atoms with Gasteiger partial charge in [0.25, 0.3) is 0 Å². The highest BCUT2D eigenvalue weighted by Crippen LogP contribution is 2.33. The fourth-order valence-electron chi connectivity index (χ4n) is 1.63. The molecule has 0 fully saturated rings. The summed E-state index contributed by atoms with van der Waals surface area (Å²) in [6.45, 7) is 0. The van der Waals surface area contributed by atoms with E-state index in [1.807, 2.05) is 6.07 Å². The van der Waals surface area contributed by atoms with E-state index < -0.39 is 17.6 Å². The van der Waals surface area contributed by atoms with Crippen LogP contribution in [0.2, 0.25) is 0 Å². The first-order valence-electron chi connectivity index (χ1n) is 5.54. The first-order chi connectivity index (χ1) is 9.41. The molecule has 0 aromatic heterocycles. The Hall–Kier alpha value is -2.55. The van der Waals surface area contributed by atoms with Gasteiger partial charge in [0, 0.05) is 0 Å². The number of anilines is 2. The minimum Gasteiger partial charge on any atom is -0.352 e. The molecular formula is C14H8F4N2. The molecule has 2 aromatic carbocycles. The molecule has 0 bridgehead atoms. The number of rotatable bonds is 2. The van der Waals surface area contributed by atoms with Crippen molar-refractivity contribution in [3.63, 3.8) is 0 Å². The Morgan fingerprint density at radius 1 is 1.00 bits per heavy atom. The first-order valence-corrected chi connectivity index (χ1v) is 5.54. The van der Waals surface area contributed by atoms with E-state index in [-0.39, 0.29) is 16.9 Å². The monoisotopic (exact) mass is 280 g/mol. The fraction of sp³-hybridized carbons (Fsp3) is 0.0714. The van der Waals surface area contributed by atoms with E-state index >= 15 is 0 Å². The SMILES string of the molecule is N#Cc1ccccc1Nc1cc(C(F)(F)F)ccc1F. The summed E-state index contributed by atoms with van der Waals surface area (Å²) in [5.41, 5.74) is -0.837. The second-order valence-corrected chi connectivity index (χ2v) is 3.97. The average Bonchev–Trinajstić information content (AvgIpc) is 2.40. The third-order valence-corrected chi connectivity index (χ3v) is 2.61. The predicted octanol–water partition coefficient (Wildman–Crippen LogP) is 4.46. The van der Waals surface area contributed by atoms with Crippen molar-refractivity contribution in [3.05, 3.63) is 59.4 Å². The molecule has 0 heterocycles. The molecule has 2 nitrogen and oxygen atoms in total. The van der Waals surface area contributed by atoms with Crippen LogP contribution >= 0.6 is 0 Å². The Labute approximate surface area is 112 Å². The fourth-order valence-corrected chi connectivity index (χ4v) is 1.63. The highest BCUT2D eigenvalue weighted by atomic mass is 19.4. The number of nitrogens with one attached hydrogen (secondary N) is 1. The Morgan fingerprint density at radius 3 is 2.35 bits per heavy atom. The van der Waals surface area contributed by atoms with Gasteiger partial charge in [-0.25, -0.2) is 4.39 Å². The van der Waals surface area contributed by atoms with E-state index in [9.17, 15) is 17.6 Å². The summed E-state index contributed by atoms with van der Waals surface area (Å²) in [4.78, 5) is 0. The number of hydrogen-bond acceptors (Lipinski definition) is 2. The second-order valence-electron chi connectivity index (χ2n) is 3.97. The minimum absolute atomic E-state index is 0.212. The number of nitrogens with zero attached hydrogens (tertiary/aromatic N) is 1. The van der Waals surface area contributed by atoms with Gasteiger partial charge < -0.3 is 5.32 Å². The number of nitriles is 1. The quantitative estimate of drug-likeness (QED) is 0.824. The van der Waals surface area contributed by atoms with E-state index in [0.717, 1.165) is 6.07 Å². The van der Waals surface area contributed by atoms with Crippen LogP contribution in [0.25, 0.3) is 0 Å². The van der Waals surface area contributed by atoms with Crippen LogP contribution in [-0.4, -0.2) is 0 Å². The second kappa shape index (κ2) is 5.21. The van der Waals surface area contributed by atoms with Crippen molar-refractivity contribution >= 4 is 11.4 Å². The lowest BCUT2D eigenvalue weighted by Gasteiger charge is -2.12. The molecule has 2 aromatic rings. The van der Waals surface area contributed by atoms with Gasteiger partial charge in [-0.1, -0.05) is 12.1 Å². The third kappa shape index (κ3) is 2.88. The van der Waals surface area contributed by atoms with Crippen LogP contribution in [0.5, 0.6) is 0 Å². The third-order valence-electron chi connectivity index (χ3n) is 2.61. The summed E-state index contributed by atoms with van der Waals surface area (Å²) in [6, 6.07) is 10.1. The van der Waals surface area contributed by atoms with E-state index in [2.05, 4.69) is 5.32 Å². The Balaban J connectivity index is 2.41. The summed E-state index contributed by atoms with van der Waals surface area (Å²) in [7, 11) is 0. The molecule has 0 amide bonds. The van der Waals surface area contributed by atoms with E-state index in [1.165, 1.54) is 12.1 Å². The molecule has 6 heteroatoms. The van der Waals surface area contributed by atoms with Gasteiger partial charge in [-0.15, -0.1) is 0 Å². The van der Waals surface area contributed by atoms with Gasteiger partial charge >= 0.3 is 6.18 Å². The first kappa shape index (κ1) is 13.9. The lowest BCUT2D eigenvalue weighted by molar-refractivity contribution is -0.137.